The summed E-state index contributed by atoms with van der Waals surface area (Å²) in [6.07, 6.45) is 2.68. The van der Waals surface area contributed by atoms with Crippen molar-refractivity contribution in [3.05, 3.63) is 29.8 Å². The maximum atomic E-state index is 12.4. The number of carbonyl (C=O) groups is 2. The highest BCUT2D eigenvalue weighted by Crippen LogP contribution is 2.18. The molecule has 0 unspecified atom stereocenters. The number of benzene rings is 1. The summed E-state index contributed by atoms with van der Waals surface area (Å²) in [7, 11) is 0. The molecular formula is C20H28N2O4. The molecule has 6 nitrogen and oxygen atoms in total. The predicted molar refractivity (Wildman–Crippen MR) is 98.0 cm³/mol. The number of nitrogens with zero attached hydrogens (tertiary/aromatic N) is 2. The molecule has 2 aliphatic rings. The van der Waals surface area contributed by atoms with Gasteiger partial charge in [-0.05, 0) is 37.8 Å². The smallest absolute Gasteiger partial charge is 0.251 e. The largest absolute Gasteiger partial charge is 0.493 e. The zero-order valence-corrected chi connectivity index (χ0v) is 15.5. The molecule has 0 bridgehead atoms. The normalized spacial score (nSPS) is 20.3. The molecule has 0 aliphatic carbocycles. The quantitative estimate of drug-likeness (QED) is 0.728. The maximum absolute atomic E-state index is 12.4. The zero-order chi connectivity index (χ0) is 18.4. The first kappa shape index (κ1) is 18.7. The van der Waals surface area contributed by atoms with Crippen molar-refractivity contribution in [3.8, 4) is 5.75 Å². The van der Waals surface area contributed by atoms with Crippen LogP contribution in [0.5, 0.6) is 5.75 Å². The molecule has 2 heterocycles. The molecule has 1 aromatic rings. The average Bonchev–Trinajstić information content (AvgIpc) is 3.20. The summed E-state index contributed by atoms with van der Waals surface area (Å²) in [5.41, 5.74) is 1.10. The van der Waals surface area contributed by atoms with Crippen molar-refractivity contribution in [3.63, 3.8) is 0 Å². The number of rotatable bonds is 6. The fraction of sp³-hybridized carbons (Fsp3) is 0.600. The Balaban J connectivity index is 1.34. The Morgan fingerprint density at radius 3 is 2.58 bits per heavy atom. The van der Waals surface area contributed by atoms with Crippen molar-refractivity contribution in [1.82, 2.24) is 9.80 Å². The van der Waals surface area contributed by atoms with E-state index < -0.39 is 0 Å². The summed E-state index contributed by atoms with van der Waals surface area (Å²) in [4.78, 5) is 28.4. The first-order valence-corrected chi connectivity index (χ1v) is 9.52. The van der Waals surface area contributed by atoms with Crippen LogP contribution in [0, 0.1) is 6.92 Å². The number of para-hydroxylation sites is 1. The minimum Gasteiger partial charge on any atom is -0.493 e. The molecule has 0 aromatic heterocycles. The summed E-state index contributed by atoms with van der Waals surface area (Å²) >= 11 is 0. The summed E-state index contributed by atoms with van der Waals surface area (Å²) in [5.74, 6) is 1.10. The van der Waals surface area contributed by atoms with Gasteiger partial charge in [0.15, 0.2) is 0 Å². The summed E-state index contributed by atoms with van der Waals surface area (Å²) in [5, 5.41) is 0. The van der Waals surface area contributed by atoms with Gasteiger partial charge in [0.05, 0.1) is 6.61 Å². The maximum Gasteiger partial charge on any atom is 0.251 e. The Bertz CT molecular complexity index is 620. The van der Waals surface area contributed by atoms with Gasteiger partial charge in [-0.25, -0.2) is 0 Å². The predicted octanol–water partition coefficient (Wildman–Crippen LogP) is 2.00. The van der Waals surface area contributed by atoms with E-state index >= 15 is 0 Å². The van der Waals surface area contributed by atoms with E-state index in [1.54, 1.807) is 0 Å². The van der Waals surface area contributed by atoms with E-state index in [1.165, 1.54) is 0 Å². The van der Waals surface area contributed by atoms with Crippen LogP contribution in [0.1, 0.15) is 31.2 Å². The molecule has 2 fully saturated rings. The Kier molecular flexibility index (Phi) is 6.50. The second kappa shape index (κ2) is 9.03. The molecule has 2 aliphatic heterocycles. The van der Waals surface area contributed by atoms with Gasteiger partial charge in [0.1, 0.15) is 11.9 Å². The highest BCUT2D eigenvalue weighted by atomic mass is 16.5. The lowest BCUT2D eigenvalue weighted by Crippen LogP contribution is -2.52. The minimum absolute atomic E-state index is 0.0845. The number of amides is 2. The second-order valence-electron chi connectivity index (χ2n) is 6.93. The molecule has 142 valence electrons. The molecule has 1 atom stereocenters. The lowest BCUT2D eigenvalue weighted by Gasteiger charge is -2.35. The van der Waals surface area contributed by atoms with Crippen LogP contribution in [0.25, 0.3) is 0 Å². The summed E-state index contributed by atoms with van der Waals surface area (Å²) in [6.45, 7) is 5.64. The third-order valence-corrected chi connectivity index (χ3v) is 5.04. The third kappa shape index (κ3) is 4.75. The fourth-order valence-electron chi connectivity index (χ4n) is 3.43. The van der Waals surface area contributed by atoms with Crippen LogP contribution >= 0.6 is 0 Å². The van der Waals surface area contributed by atoms with Crippen molar-refractivity contribution >= 4 is 11.8 Å². The van der Waals surface area contributed by atoms with Gasteiger partial charge in [-0.1, -0.05) is 18.2 Å². The number of ether oxygens (including phenoxy) is 2. The molecule has 2 saturated heterocycles. The van der Waals surface area contributed by atoms with Gasteiger partial charge in [0, 0.05) is 39.2 Å². The molecule has 0 saturated carbocycles. The van der Waals surface area contributed by atoms with E-state index in [0.717, 1.165) is 24.2 Å². The number of carbonyl (C=O) groups excluding carboxylic acids is 2. The number of aryl methyl sites for hydroxylation is 1. The van der Waals surface area contributed by atoms with Gasteiger partial charge in [-0.15, -0.1) is 0 Å². The van der Waals surface area contributed by atoms with Crippen molar-refractivity contribution < 1.29 is 19.1 Å². The highest BCUT2D eigenvalue weighted by molar-refractivity contribution is 5.82. The summed E-state index contributed by atoms with van der Waals surface area (Å²) in [6, 6.07) is 7.89. The molecule has 0 radical (unpaired) electrons. The first-order valence-electron chi connectivity index (χ1n) is 9.52. The van der Waals surface area contributed by atoms with Crippen molar-refractivity contribution in [2.75, 3.05) is 39.4 Å². The van der Waals surface area contributed by atoms with Crippen molar-refractivity contribution in [2.24, 2.45) is 0 Å². The monoisotopic (exact) mass is 360 g/mol. The lowest BCUT2D eigenvalue weighted by atomic mass is 10.2. The number of piperazine rings is 1. The third-order valence-electron chi connectivity index (χ3n) is 5.04. The van der Waals surface area contributed by atoms with E-state index in [1.807, 2.05) is 41.0 Å². The van der Waals surface area contributed by atoms with Gasteiger partial charge in [0.2, 0.25) is 5.91 Å². The number of hydrogen-bond donors (Lipinski definition) is 0. The fourth-order valence-corrected chi connectivity index (χ4v) is 3.43. The Morgan fingerprint density at radius 1 is 1.15 bits per heavy atom. The highest BCUT2D eigenvalue weighted by Gasteiger charge is 2.31. The van der Waals surface area contributed by atoms with Gasteiger partial charge >= 0.3 is 0 Å². The Morgan fingerprint density at radius 2 is 1.88 bits per heavy atom. The molecule has 2 amide bonds. The van der Waals surface area contributed by atoms with Crippen LogP contribution in [0.4, 0.5) is 0 Å². The molecule has 1 aromatic carbocycles. The molecule has 26 heavy (non-hydrogen) atoms. The van der Waals surface area contributed by atoms with Gasteiger partial charge in [0.25, 0.3) is 5.91 Å². The Hall–Kier alpha value is -2.08. The van der Waals surface area contributed by atoms with Crippen LogP contribution < -0.4 is 4.74 Å². The number of hydrogen-bond acceptors (Lipinski definition) is 4. The average molecular weight is 360 g/mol. The standard InChI is InChI=1S/C20H28N2O4/c1-16-6-2-3-7-17(16)25-15-5-9-19(23)21-10-12-22(13-11-21)20(24)18-8-4-14-26-18/h2-3,6-7,18H,4-5,8-15H2,1H3/t18-/m0/s1. The SMILES string of the molecule is Cc1ccccc1OCCCC(=O)N1CCN(C(=O)[C@@H]2CCCO2)CC1. The van der Waals surface area contributed by atoms with Crippen LogP contribution in [-0.2, 0) is 14.3 Å². The van der Waals surface area contributed by atoms with E-state index in [9.17, 15) is 9.59 Å². The minimum atomic E-state index is -0.268. The molecule has 0 N–H and O–H groups in total. The van der Waals surface area contributed by atoms with E-state index in [2.05, 4.69) is 0 Å². The Labute approximate surface area is 155 Å². The summed E-state index contributed by atoms with van der Waals surface area (Å²) < 4.78 is 11.2. The van der Waals surface area contributed by atoms with Gasteiger partial charge in [-0.3, -0.25) is 9.59 Å². The van der Waals surface area contributed by atoms with Crippen LogP contribution in [0.3, 0.4) is 0 Å². The van der Waals surface area contributed by atoms with E-state index in [4.69, 9.17) is 9.47 Å². The van der Waals surface area contributed by atoms with Gasteiger partial charge in [-0.2, -0.15) is 0 Å². The second-order valence-corrected chi connectivity index (χ2v) is 6.93. The van der Waals surface area contributed by atoms with Crippen LogP contribution in [0.15, 0.2) is 24.3 Å². The van der Waals surface area contributed by atoms with E-state index in [0.29, 0.717) is 52.2 Å². The molecule has 0 spiro atoms. The topological polar surface area (TPSA) is 59.1 Å². The van der Waals surface area contributed by atoms with Gasteiger partial charge < -0.3 is 19.3 Å². The molecule has 6 heteroatoms. The molecular weight excluding hydrogens is 332 g/mol. The zero-order valence-electron chi connectivity index (χ0n) is 15.5. The van der Waals surface area contributed by atoms with E-state index in [-0.39, 0.29) is 17.9 Å². The molecule has 3 rings (SSSR count). The van der Waals surface area contributed by atoms with Crippen molar-refractivity contribution in [1.29, 1.82) is 0 Å². The lowest BCUT2D eigenvalue weighted by molar-refractivity contribution is -0.146. The van der Waals surface area contributed by atoms with Crippen LogP contribution in [0.2, 0.25) is 0 Å². The van der Waals surface area contributed by atoms with Crippen LogP contribution in [-0.4, -0.2) is 67.1 Å². The van der Waals surface area contributed by atoms with Crippen molar-refractivity contribution in [2.45, 2.75) is 38.7 Å². The first-order chi connectivity index (χ1) is 12.6.